The van der Waals surface area contributed by atoms with Crippen LogP contribution in [0, 0.1) is 5.92 Å². The molecular formula is C20H33NO2. The summed E-state index contributed by atoms with van der Waals surface area (Å²) < 4.78 is 5.90. The van der Waals surface area contributed by atoms with E-state index in [-0.39, 0.29) is 6.61 Å². The van der Waals surface area contributed by atoms with Crippen LogP contribution < -0.4 is 10.5 Å². The number of hydrogen-bond donors (Lipinski definition) is 2. The van der Waals surface area contributed by atoms with Crippen LogP contribution in [-0.2, 0) is 12.8 Å². The number of rotatable bonds is 9. The standard InChI is InChI=1S/C20H33NO2/c1-3-4-5-6-7-12-23-19-11-9-16-13-18(20(2,21)15-22)10-8-17(16)14-19/h9,11,14,18,22H,3-8,10,12-13,15,21H2,1-2H3/t18-,20+/m0/s1. The van der Waals surface area contributed by atoms with Gasteiger partial charge in [0.1, 0.15) is 5.75 Å². The Morgan fingerprint density at radius 1 is 1.22 bits per heavy atom. The summed E-state index contributed by atoms with van der Waals surface area (Å²) in [6, 6.07) is 6.46. The predicted octanol–water partition coefficient (Wildman–Crippen LogP) is 3.85. The molecule has 2 rings (SSSR count). The number of aliphatic hydroxyl groups is 1. The van der Waals surface area contributed by atoms with Gasteiger partial charge in [0.2, 0.25) is 0 Å². The van der Waals surface area contributed by atoms with E-state index in [1.54, 1.807) is 0 Å². The first-order valence-corrected chi connectivity index (χ1v) is 9.21. The van der Waals surface area contributed by atoms with Gasteiger partial charge in [0.05, 0.1) is 13.2 Å². The van der Waals surface area contributed by atoms with Gasteiger partial charge < -0.3 is 15.6 Å². The Morgan fingerprint density at radius 3 is 2.74 bits per heavy atom. The molecular weight excluding hydrogens is 286 g/mol. The van der Waals surface area contributed by atoms with Crippen molar-refractivity contribution in [2.24, 2.45) is 11.7 Å². The van der Waals surface area contributed by atoms with E-state index in [1.807, 2.05) is 6.92 Å². The SMILES string of the molecule is CCCCCCCOc1ccc2c(c1)CC[C@H]([C@](C)(N)CO)C2. The van der Waals surface area contributed by atoms with E-state index in [0.717, 1.165) is 38.0 Å². The largest absolute Gasteiger partial charge is 0.494 e. The summed E-state index contributed by atoms with van der Waals surface area (Å²) in [5, 5.41) is 9.47. The summed E-state index contributed by atoms with van der Waals surface area (Å²) in [4.78, 5) is 0. The molecule has 1 aliphatic carbocycles. The van der Waals surface area contributed by atoms with Gasteiger partial charge in [-0.05, 0) is 61.8 Å². The van der Waals surface area contributed by atoms with Crippen LogP contribution in [-0.4, -0.2) is 23.9 Å². The maximum absolute atomic E-state index is 9.47. The minimum absolute atomic E-state index is 0.0478. The van der Waals surface area contributed by atoms with E-state index in [0.29, 0.717) is 5.92 Å². The van der Waals surface area contributed by atoms with Crippen molar-refractivity contribution in [1.82, 2.24) is 0 Å². The van der Waals surface area contributed by atoms with Gasteiger partial charge in [0, 0.05) is 5.54 Å². The number of hydrogen-bond acceptors (Lipinski definition) is 3. The Hall–Kier alpha value is -1.06. The molecule has 0 heterocycles. The van der Waals surface area contributed by atoms with Crippen LogP contribution in [0.4, 0.5) is 0 Å². The Bertz CT molecular complexity index is 485. The van der Waals surface area contributed by atoms with Gasteiger partial charge in [-0.25, -0.2) is 0 Å². The van der Waals surface area contributed by atoms with Crippen LogP contribution in [0.1, 0.15) is 63.5 Å². The fourth-order valence-corrected chi connectivity index (χ4v) is 3.41. The number of aliphatic hydroxyl groups excluding tert-OH is 1. The molecule has 0 amide bonds. The second kappa shape index (κ2) is 8.70. The number of ether oxygens (including phenoxy) is 1. The molecule has 0 unspecified atom stereocenters. The van der Waals surface area contributed by atoms with Crippen molar-refractivity contribution in [2.75, 3.05) is 13.2 Å². The van der Waals surface area contributed by atoms with Gasteiger partial charge in [0.15, 0.2) is 0 Å². The third-order valence-electron chi connectivity index (χ3n) is 5.20. The van der Waals surface area contributed by atoms with Gasteiger partial charge in [-0.1, -0.05) is 38.7 Å². The van der Waals surface area contributed by atoms with Crippen molar-refractivity contribution in [2.45, 2.75) is 70.8 Å². The highest BCUT2D eigenvalue weighted by Gasteiger charge is 2.32. The van der Waals surface area contributed by atoms with Crippen molar-refractivity contribution in [1.29, 1.82) is 0 Å². The summed E-state index contributed by atoms with van der Waals surface area (Å²) in [6.07, 6.45) is 9.35. The smallest absolute Gasteiger partial charge is 0.119 e. The average molecular weight is 319 g/mol. The van der Waals surface area contributed by atoms with E-state index in [4.69, 9.17) is 10.5 Å². The van der Waals surface area contributed by atoms with E-state index in [9.17, 15) is 5.11 Å². The lowest BCUT2D eigenvalue weighted by molar-refractivity contribution is 0.144. The first kappa shape index (κ1) is 18.3. The van der Waals surface area contributed by atoms with E-state index >= 15 is 0 Å². The molecule has 3 nitrogen and oxygen atoms in total. The van der Waals surface area contributed by atoms with Crippen molar-refractivity contribution < 1.29 is 9.84 Å². The fourth-order valence-electron chi connectivity index (χ4n) is 3.41. The molecule has 3 heteroatoms. The minimum atomic E-state index is -0.481. The van der Waals surface area contributed by atoms with Gasteiger partial charge >= 0.3 is 0 Å². The molecule has 3 N–H and O–H groups in total. The molecule has 0 saturated carbocycles. The number of nitrogens with two attached hydrogens (primary N) is 1. The van der Waals surface area contributed by atoms with Crippen LogP contribution in [0.25, 0.3) is 0 Å². The Morgan fingerprint density at radius 2 is 2.00 bits per heavy atom. The molecule has 23 heavy (non-hydrogen) atoms. The Kier molecular flexibility index (Phi) is 6.91. The van der Waals surface area contributed by atoms with Crippen LogP contribution >= 0.6 is 0 Å². The molecule has 1 aromatic carbocycles. The number of unbranched alkanes of at least 4 members (excludes halogenated alkanes) is 4. The molecule has 0 radical (unpaired) electrons. The summed E-state index contributed by atoms with van der Waals surface area (Å²) in [5.41, 5.74) is 8.49. The molecule has 2 atom stereocenters. The predicted molar refractivity (Wildman–Crippen MR) is 95.9 cm³/mol. The number of aryl methyl sites for hydroxylation is 1. The zero-order valence-corrected chi connectivity index (χ0v) is 14.8. The van der Waals surface area contributed by atoms with Crippen molar-refractivity contribution in [3.05, 3.63) is 29.3 Å². The number of fused-ring (bicyclic) bond motifs is 1. The van der Waals surface area contributed by atoms with Gasteiger partial charge in [-0.3, -0.25) is 0 Å². The highest BCUT2D eigenvalue weighted by molar-refractivity contribution is 5.38. The highest BCUT2D eigenvalue weighted by atomic mass is 16.5. The van der Waals surface area contributed by atoms with Crippen LogP contribution in [0.3, 0.4) is 0 Å². The lowest BCUT2D eigenvalue weighted by Gasteiger charge is -2.36. The van der Waals surface area contributed by atoms with E-state index in [2.05, 4.69) is 25.1 Å². The summed E-state index contributed by atoms with van der Waals surface area (Å²) in [7, 11) is 0. The lowest BCUT2D eigenvalue weighted by atomic mass is 9.74. The third-order valence-corrected chi connectivity index (χ3v) is 5.20. The average Bonchev–Trinajstić information content (AvgIpc) is 2.57. The molecule has 1 aromatic rings. The Balaban J connectivity index is 1.84. The first-order valence-electron chi connectivity index (χ1n) is 9.21. The maximum Gasteiger partial charge on any atom is 0.119 e. The van der Waals surface area contributed by atoms with Crippen LogP contribution in [0.2, 0.25) is 0 Å². The van der Waals surface area contributed by atoms with Gasteiger partial charge in [-0.15, -0.1) is 0 Å². The quantitative estimate of drug-likeness (QED) is 0.680. The fraction of sp³-hybridized carbons (Fsp3) is 0.700. The first-order chi connectivity index (χ1) is 11.1. The molecule has 0 fully saturated rings. The lowest BCUT2D eigenvalue weighted by Crippen LogP contribution is -2.49. The Labute approximate surface area is 141 Å². The summed E-state index contributed by atoms with van der Waals surface area (Å²) >= 11 is 0. The maximum atomic E-state index is 9.47. The van der Waals surface area contributed by atoms with E-state index in [1.165, 1.54) is 36.8 Å². The van der Waals surface area contributed by atoms with E-state index < -0.39 is 5.54 Å². The van der Waals surface area contributed by atoms with Crippen molar-refractivity contribution >= 4 is 0 Å². The third kappa shape index (κ3) is 5.22. The molecule has 0 aromatic heterocycles. The zero-order chi connectivity index (χ0) is 16.7. The second-order valence-corrected chi connectivity index (χ2v) is 7.30. The second-order valence-electron chi connectivity index (χ2n) is 7.30. The van der Waals surface area contributed by atoms with Gasteiger partial charge in [-0.2, -0.15) is 0 Å². The minimum Gasteiger partial charge on any atom is -0.494 e. The highest BCUT2D eigenvalue weighted by Crippen LogP contribution is 2.33. The van der Waals surface area contributed by atoms with Crippen molar-refractivity contribution in [3.63, 3.8) is 0 Å². The van der Waals surface area contributed by atoms with Crippen molar-refractivity contribution in [3.8, 4) is 5.75 Å². The van der Waals surface area contributed by atoms with Crippen LogP contribution in [0.15, 0.2) is 18.2 Å². The topological polar surface area (TPSA) is 55.5 Å². The summed E-state index contributed by atoms with van der Waals surface area (Å²) in [5.74, 6) is 1.35. The zero-order valence-electron chi connectivity index (χ0n) is 14.8. The molecule has 130 valence electrons. The summed E-state index contributed by atoms with van der Waals surface area (Å²) in [6.45, 7) is 5.06. The molecule has 1 aliphatic rings. The monoisotopic (exact) mass is 319 g/mol. The van der Waals surface area contributed by atoms with Crippen LogP contribution in [0.5, 0.6) is 5.75 Å². The molecule has 0 spiro atoms. The normalized spacial score (nSPS) is 19.9. The molecule has 0 aliphatic heterocycles. The van der Waals surface area contributed by atoms with Gasteiger partial charge in [0.25, 0.3) is 0 Å². The molecule has 0 bridgehead atoms. The molecule has 0 saturated heterocycles. The number of benzene rings is 1.